The molecule has 1 aliphatic rings. The number of allylic oxidation sites excluding steroid dienone is 3. The van der Waals surface area contributed by atoms with Gasteiger partial charge in [-0.2, -0.15) is 0 Å². The van der Waals surface area contributed by atoms with Crippen LogP contribution < -0.4 is 5.32 Å². The summed E-state index contributed by atoms with van der Waals surface area (Å²) in [5.74, 6) is 0. The minimum absolute atomic E-state index is 0.461. The van der Waals surface area contributed by atoms with Crippen LogP contribution in [0.1, 0.15) is 13.3 Å². The molecular weight excluding hydrogens is 122 g/mol. The molecule has 1 nitrogen and oxygen atoms in total. The van der Waals surface area contributed by atoms with E-state index in [1.54, 1.807) is 0 Å². The number of nitrogens with one attached hydrogen (secondary N) is 1. The van der Waals surface area contributed by atoms with E-state index < -0.39 is 0 Å². The summed E-state index contributed by atoms with van der Waals surface area (Å²) >= 11 is 0. The lowest BCUT2D eigenvalue weighted by atomic mass is 10.1. The van der Waals surface area contributed by atoms with Crippen molar-refractivity contribution < 1.29 is 0 Å². The van der Waals surface area contributed by atoms with Crippen molar-refractivity contribution in [3.8, 4) is 0 Å². The van der Waals surface area contributed by atoms with E-state index in [-0.39, 0.29) is 0 Å². The van der Waals surface area contributed by atoms with Crippen LogP contribution in [0, 0.1) is 0 Å². The van der Waals surface area contributed by atoms with Crippen LogP contribution in [-0.4, -0.2) is 6.04 Å². The first-order valence-electron chi connectivity index (χ1n) is 3.54. The molecule has 0 saturated heterocycles. The Bertz CT molecular complexity index is 177. The molecule has 0 fully saturated rings. The molecule has 1 unspecified atom stereocenters. The highest BCUT2D eigenvalue weighted by Gasteiger charge is 2.01. The van der Waals surface area contributed by atoms with Crippen molar-refractivity contribution in [3.05, 3.63) is 36.6 Å². The number of hydrogen-bond acceptors (Lipinski definition) is 1. The van der Waals surface area contributed by atoms with E-state index in [4.69, 9.17) is 0 Å². The van der Waals surface area contributed by atoms with Gasteiger partial charge in [0.15, 0.2) is 0 Å². The maximum Gasteiger partial charge on any atom is 0.0478 e. The molecule has 0 aromatic rings. The third-order valence-corrected chi connectivity index (χ3v) is 1.41. The van der Waals surface area contributed by atoms with E-state index in [0.717, 1.165) is 12.1 Å². The molecular formula is C9H13N. The molecule has 1 rings (SSSR count). The summed E-state index contributed by atoms with van der Waals surface area (Å²) in [5, 5.41) is 3.25. The molecule has 0 spiro atoms. The second-order valence-electron chi connectivity index (χ2n) is 2.58. The Morgan fingerprint density at radius 3 is 2.90 bits per heavy atom. The Hall–Kier alpha value is -0.980. The van der Waals surface area contributed by atoms with Crippen molar-refractivity contribution in [2.45, 2.75) is 19.4 Å². The van der Waals surface area contributed by atoms with Gasteiger partial charge in [0, 0.05) is 11.7 Å². The molecule has 0 aliphatic heterocycles. The molecule has 1 N–H and O–H groups in total. The van der Waals surface area contributed by atoms with Crippen molar-refractivity contribution >= 4 is 0 Å². The van der Waals surface area contributed by atoms with Gasteiger partial charge in [-0.15, -0.1) is 0 Å². The third-order valence-electron chi connectivity index (χ3n) is 1.41. The predicted octanol–water partition coefficient (Wildman–Crippen LogP) is 1.99. The van der Waals surface area contributed by atoms with Gasteiger partial charge in [0.2, 0.25) is 0 Å². The van der Waals surface area contributed by atoms with E-state index in [1.165, 1.54) is 0 Å². The minimum Gasteiger partial charge on any atom is -0.383 e. The predicted molar refractivity (Wildman–Crippen MR) is 44.6 cm³/mol. The first-order valence-corrected chi connectivity index (χ1v) is 3.54. The second kappa shape index (κ2) is 3.25. The molecule has 0 aromatic heterocycles. The fourth-order valence-corrected chi connectivity index (χ4v) is 1.00. The molecule has 0 amide bonds. The van der Waals surface area contributed by atoms with Crippen molar-refractivity contribution in [2.24, 2.45) is 0 Å². The summed E-state index contributed by atoms with van der Waals surface area (Å²) < 4.78 is 0. The van der Waals surface area contributed by atoms with Gasteiger partial charge in [-0.25, -0.2) is 0 Å². The van der Waals surface area contributed by atoms with Crippen molar-refractivity contribution in [2.75, 3.05) is 0 Å². The highest BCUT2D eigenvalue weighted by molar-refractivity contribution is 5.15. The lowest BCUT2D eigenvalue weighted by molar-refractivity contribution is 0.675. The highest BCUT2D eigenvalue weighted by atomic mass is 14.9. The average Bonchev–Trinajstić information content (AvgIpc) is 1.88. The van der Waals surface area contributed by atoms with Gasteiger partial charge >= 0.3 is 0 Å². The fourth-order valence-electron chi connectivity index (χ4n) is 1.00. The molecule has 54 valence electrons. The Morgan fingerprint density at radius 1 is 1.60 bits per heavy atom. The van der Waals surface area contributed by atoms with Crippen LogP contribution in [0.3, 0.4) is 0 Å². The quantitative estimate of drug-likeness (QED) is 0.610. The van der Waals surface area contributed by atoms with Gasteiger partial charge in [0.25, 0.3) is 0 Å². The van der Waals surface area contributed by atoms with Crippen molar-refractivity contribution in [1.29, 1.82) is 0 Å². The van der Waals surface area contributed by atoms with Gasteiger partial charge in [-0.3, -0.25) is 0 Å². The van der Waals surface area contributed by atoms with Crippen LogP contribution in [0.25, 0.3) is 0 Å². The molecule has 1 atom stereocenters. The number of hydrogen-bond donors (Lipinski definition) is 1. The van der Waals surface area contributed by atoms with Crippen LogP contribution in [0.15, 0.2) is 36.6 Å². The third kappa shape index (κ3) is 2.09. The average molecular weight is 135 g/mol. The van der Waals surface area contributed by atoms with E-state index in [2.05, 4.69) is 36.2 Å². The molecule has 1 heteroatoms. The summed E-state index contributed by atoms with van der Waals surface area (Å²) in [5.41, 5.74) is 1.03. The maximum atomic E-state index is 3.78. The molecule has 0 saturated carbocycles. The summed E-state index contributed by atoms with van der Waals surface area (Å²) in [4.78, 5) is 0. The second-order valence-corrected chi connectivity index (χ2v) is 2.58. The molecule has 0 bridgehead atoms. The maximum absolute atomic E-state index is 3.78. The zero-order valence-electron chi connectivity index (χ0n) is 6.30. The van der Waals surface area contributed by atoms with Gasteiger partial charge < -0.3 is 5.32 Å². The molecule has 10 heavy (non-hydrogen) atoms. The molecule has 0 heterocycles. The van der Waals surface area contributed by atoms with Crippen molar-refractivity contribution in [1.82, 2.24) is 5.32 Å². The van der Waals surface area contributed by atoms with E-state index in [1.807, 2.05) is 6.92 Å². The first-order chi connectivity index (χ1) is 4.79. The molecule has 0 radical (unpaired) electrons. The Balaban J connectivity index is 2.37. The van der Waals surface area contributed by atoms with Crippen LogP contribution in [-0.2, 0) is 0 Å². The van der Waals surface area contributed by atoms with Gasteiger partial charge in [-0.1, -0.05) is 30.9 Å². The topological polar surface area (TPSA) is 12.0 Å². The van der Waals surface area contributed by atoms with Gasteiger partial charge in [0.1, 0.15) is 0 Å². The summed E-state index contributed by atoms with van der Waals surface area (Å²) in [6.07, 6.45) is 9.50. The van der Waals surface area contributed by atoms with Crippen LogP contribution in [0.4, 0.5) is 0 Å². The number of rotatable bonds is 2. The monoisotopic (exact) mass is 135 g/mol. The zero-order chi connectivity index (χ0) is 7.40. The standard InChI is InChI=1S/C9H13N/c1-8(2)10-9-6-4-3-5-7-9/h3-6,9-10H,1,7H2,2H3. The van der Waals surface area contributed by atoms with Crippen LogP contribution >= 0.6 is 0 Å². The first kappa shape index (κ1) is 7.13. The smallest absolute Gasteiger partial charge is 0.0478 e. The van der Waals surface area contributed by atoms with E-state index in [9.17, 15) is 0 Å². The van der Waals surface area contributed by atoms with E-state index >= 15 is 0 Å². The Morgan fingerprint density at radius 2 is 2.40 bits per heavy atom. The summed E-state index contributed by atoms with van der Waals surface area (Å²) in [7, 11) is 0. The normalized spacial score (nSPS) is 22.7. The SMILES string of the molecule is C=C(C)NC1C=CC=CC1. The van der Waals surface area contributed by atoms with E-state index in [0.29, 0.717) is 6.04 Å². The summed E-state index contributed by atoms with van der Waals surface area (Å²) in [6.45, 7) is 5.76. The fraction of sp³-hybridized carbons (Fsp3) is 0.333. The molecule has 1 aliphatic carbocycles. The Kier molecular flexibility index (Phi) is 2.32. The lowest BCUT2D eigenvalue weighted by Crippen LogP contribution is -2.24. The van der Waals surface area contributed by atoms with Crippen LogP contribution in [0.2, 0.25) is 0 Å². The molecule has 0 aromatic carbocycles. The van der Waals surface area contributed by atoms with Gasteiger partial charge in [0.05, 0.1) is 0 Å². The minimum atomic E-state index is 0.461. The summed E-state index contributed by atoms with van der Waals surface area (Å²) in [6, 6.07) is 0.461. The zero-order valence-corrected chi connectivity index (χ0v) is 6.30. The largest absolute Gasteiger partial charge is 0.383 e. The van der Waals surface area contributed by atoms with Crippen LogP contribution in [0.5, 0.6) is 0 Å². The Labute approximate surface area is 62.1 Å². The highest BCUT2D eigenvalue weighted by Crippen LogP contribution is 2.03. The van der Waals surface area contributed by atoms with Gasteiger partial charge in [-0.05, 0) is 13.3 Å². The van der Waals surface area contributed by atoms with Crippen molar-refractivity contribution in [3.63, 3.8) is 0 Å². The lowest BCUT2D eigenvalue weighted by Gasteiger charge is -2.15.